The van der Waals surface area contributed by atoms with E-state index in [-0.39, 0.29) is 0 Å². The van der Waals surface area contributed by atoms with E-state index in [9.17, 15) is 0 Å². The molecule has 1 aromatic rings. The summed E-state index contributed by atoms with van der Waals surface area (Å²) in [4.78, 5) is 13.5. The van der Waals surface area contributed by atoms with Gasteiger partial charge in [-0.25, -0.2) is 4.98 Å². The summed E-state index contributed by atoms with van der Waals surface area (Å²) in [6.07, 6.45) is 1.81. The summed E-state index contributed by atoms with van der Waals surface area (Å²) in [5.41, 5.74) is 2.35. The van der Waals surface area contributed by atoms with Crippen molar-refractivity contribution in [3.05, 3.63) is 34.1 Å². The van der Waals surface area contributed by atoms with Gasteiger partial charge in [-0.05, 0) is 28.9 Å². The van der Waals surface area contributed by atoms with E-state index in [0.29, 0.717) is 5.62 Å². The van der Waals surface area contributed by atoms with Gasteiger partial charge in [0.15, 0.2) is 5.82 Å². The average molecular weight is 360 g/mol. The van der Waals surface area contributed by atoms with Gasteiger partial charge in [0, 0.05) is 38.0 Å². The van der Waals surface area contributed by atoms with Crippen LogP contribution in [0.15, 0.2) is 27.8 Å². The molecular weight excluding hydrogens is 346 g/mol. The molecule has 8 heteroatoms. The maximum Gasteiger partial charge on any atom is 0.253 e. The molecule has 1 N–H and O–H groups in total. The first-order chi connectivity index (χ1) is 10.6. The van der Waals surface area contributed by atoms with Crippen molar-refractivity contribution in [2.45, 2.75) is 13.5 Å². The number of rotatable bonds is 1. The Balaban J connectivity index is 1.93. The molecule has 7 nitrogen and oxygen atoms in total. The summed E-state index contributed by atoms with van der Waals surface area (Å²) in [5, 5.41) is 7.64. The number of halogens is 1. The molecular formula is C14H14BrN7. The van der Waals surface area contributed by atoms with Crippen LogP contribution in [0, 0.1) is 6.92 Å². The number of nitrogens with zero attached hydrogens (tertiary/aromatic N) is 6. The number of aromatic nitrogens is 5. The third-order valence-corrected chi connectivity index (χ3v) is 4.24. The summed E-state index contributed by atoms with van der Waals surface area (Å²) in [6.45, 7) is 3.72. The van der Waals surface area contributed by atoms with Crippen LogP contribution in [0.1, 0.15) is 5.69 Å². The van der Waals surface area contributed by atoms with Gasteiger partial charge in [-0.3, -0.25) is 4.68 Å². The lowest BCUT2D eigenvalue weighted by atomic mass is 10.2. The van der Waals surface area contributed by atoms with Crippen LogP contribution in [0.5, 0.6) is 0 Å². The average Bonchev–Trinajstić information content (AvgIpc) is 3.08. The minimum absolute atomic E-state index is 0.444. The zero-order valence-corrected chi connectivity index (χ0v) is 13.8. The highest BCUT2D eigenvalue weighted by Crippen LogP contribution is 2.33. The standard InChI is InChI=1S/C14H14BrN7/c1-8-5-11(21(2)20-8)18-14-17-7-9-6-10(15)13-16-3-4-22(13)12(9)19-14/h5-7,16H,3-4H2,1-2H3. The van der Waals surface area contributed by atoms with Crippen LogP contribution >= 0.6 is 15.9 Å². The highest BCUT2D eigenvalue weighted by molar-refractivity contribution is 9.10. The van der Waals surface area contributed by atoms with Crippen LogP contribution in [0.3, 0.4) is 0 Å². The predicted molar refractivity (Wildman–Crippen MR) is 86.0 cm³/mol. The Morgan fingerprint density at radius 3 is 3.00 bits per heavy atom. The Kier molecular flexibility index (Phi) is 3.00. The SMILES string of the molecule is Cc1cc(N=c2ncc3cc(Br)c4n(c-3n2)CCN4)n(C)n1. The number of nitrogens with one attached hydrogen (secondary N) is 1. The Morgan fingerprint density at radius 2 is 2.23 bits per heavy atom. The van der Waals surface area contributed by atoms with Crippen LogP contribution in [-0.4, -0.2) is 30.9 Å². The molecule has 3 aliphatic heterocycles. The summed E-state index contributed by atoms with van der Waals surface area (Å²) in [5.74, 6) is 2.68. The fraction of sp³-hybridized carbons (Fsp3) is 0.286. The fourth-order valence-electron chi connectivity index (χ4n) is 2.67. The Bertz CT molecular complexity index is 908. The van der Waals surface area contributed by atoms with Gasteiger partial charge < -0.3 is 9.88 Å². The number of hydrogen-bond donors (Lipinski definition) is 1. The largest absolute Gasteiger partial charge is 0.369 e. The molecule has 112 valence electrons. The molecule has 0 spiro atoms. The molecule has 1 aromatic heterocycles. The summed E-state index contributed by atoms with van der Waals surface area (Å²) in [6, 6.07) is 3.94. The number of anilines is 1. The Labute approximate surface area is 135 Å². The van der Waals surface area contributed by atoms with E-state index in [4.69, 9.17) is 0 Å². The van der Waals surface area contributed by atoms with E-state index >= 15 is 0 Å². The van der Waals surface area contributed by atoms with Crippen LogP contribution in [0.25, 0.3) is 11.4 Å². The van der Waals surface area contributed by atoms with Crippen molar-refractivity contribution in [1.29, 1.82) is 0 Å². The van der Waals surface area contributed by atoms with Crippen molar-refractivity contribution >= 4 is 27.6 Å². The van der Waals surface area contributed by atoms with E-state index in [1.165, 1.54) is 0 Å². The van der Waals surface area contributed by atoms with Gasteiger partial charge in [0.2, 0.25) is 0 Å². The van der Waals surface area contributed by atoms with Crippen molar-refractivity contribution in [1.82, 2.24) is 24.3 Å². The number of aryl methyl sites for hydroxylation is 2. The van der Waals surface area contributed by atoms with E-state index < -0.39 is 0 Å². The normalized spacial score (nSPS) is 14.4. The Hall–Kier alpha value is -2.22. The minimum Gasteiger partial charge on any atom is -0.369 e. The summed E-state index contributed by atoms with van der Waals surface area (Å²) < 4.78 is 4.89. The number of fused-ring (bicyclic) bond motifs is 3. The van der Waals surface area contributed by atoms with Gasteiger partial charge in [0.25, 0.3) is 5.62 Å². The molecule has 0 bridgehead atoms. The predicted octanol–water partition coefficient (Wildman–Crippen LogP) is 1.85. The summed E-state index contributed by atoms with van der Waals surface area (Å²) >= 11 is 3.58. The molecule has 0 saturated carbocycles. The van der Waals surface area contributed by atoms with E-state index in [0.717, 1.165) is 46.3 Å². The van der Waals surface area contributed by atoms with Crippen molar-refractivity contribution in [2.24, 2.45) is 12.0 Å². The molecule has 0 aromatic carbocycles. The maximum atomic E-state index is 4.62. The molecule has 0 aliphatic carbocycles. The van der Waals surface area contributed by atoms with Crippen molar-refractivity contribution < 1.29 is 0 Å². The van der Waals surface area contributed by atoms with Crippen molar-refractivity contribution in [3.8, 4) is 11.4 Å². The van der Waals surface area contributed by atoms with Crippen LogP contribution in [0.4, 0.5) is 11.6 Å². The molecule has 3 aliphatic rings. The first-order valence-electron chi connectivity index (χ1n) is 6.97. The first-order valence-corrected chi connectivity index (χ1v) is 7.76. The molecule has 0 unspecified atom stereocenters. The number of hydrogen-bond acceptors (Lipinski definition) is 5. The molecule has 0 amide bonds. The minimum atomic E-state index is 0.444. The second-order valence-corrected chi connectivity index (χ2v) is 6.10. The highest BCUT2D eigenvalue weighted by Gasteiger charge is 2.19. The monoisotopic (exact) mass is 359 g/mol. The molecule has 0 fully saturated rings. The van der Waals surface area contributed by atoms with Crippen LogP contribution in [0.2, 0.25) is 0 Å². The van der Waals surface area contributed by atoms with Gasteiger partial charge in [0.05, 0.1) is 10.2 Å². The maximum absolute atomic E-state index is 4.62. The van der Waals surface area contributed by atoms with Crippen LogP contribution in [-0.2, 0) is 13.6 Å². The molecule has 22 heavy (non-hydrogen) atoms. The van der Waals surface area contributed by atoms with Gasteiger partial charge in [-0.2, -0.15) is 15.1 Å². The Morgan fingerprint density at radius 1 is 1.36 bits per heavy atom. The van der Waals surface area contributed by atoms with Crippen molar-refractivity contribution in [2.75, 3.05) is 11.9 Å². The lowest BCUT2D eigenvalue weighted by molar-refractivity contribution is 0.748. The van der Waals surface area contributed by atoms with Gasteiger partial charge in [-0.1, -0.05) is 0 Å². The van der Waals surface area contributed by atoms with E-state index in [1.54, 1.807) is 10.9 Å². The van der Waals surface area contributed by atoms with Gasteiger partial charge in [0.1, 0.15) is 11.6 Å². The topological polar surface area (TPSA) is 72.9 Å². The molecule has 4 rings (SSSR count). The van der Waals surface area contributed by atoms with Crippen LogP contribution < -0.4 is 10.9 Å². The smallest absolute Gasteiger partial charge is 0.253 e. The quantitative estimate of drug-likeness (QED) is 0.719. The van der Waals surface area contributed by atoms with Gasteiger partial charge in [-0.15, -0.1) is 0 Å². The highest BCUT2D eigenvalue weighted by atomic mass is 79.9. The van der Waals surface area contributed by atoms with E-state index in [1.807, 2.05) is 26.1 Å². The van der Waals surface area contributed by atoms with E-state index in [2.05, 4.69) is 45.9 Å². The second-order valence-electron chi connectivity index (χ2n) is 5.25. The molecule has 0 saturated heterocycles. The second kappa shape index (κ2) is 4.91. The first kappa shape index (κ1) is 13.4. The zero-order valence-electron chi connectivity index (χ0n) is 12.2. The third-order valence-electron chi connectivity index (χ3n) is 3.64. The van der Waals surface area contributed by atoms with Crippen molar-refractivity contribution in [3.63, 3.8) is 0 Å². The molecule has 0 atom stereocenters. The zero-order chi connectivity index (χ0) is 15.3. The summed E-state index contributed by atoms with van der Waals surface area (Å²) in [7, 11) is 1.86. The fourth-order valence-corrected chi connectivity index (χ4v) is 3.27. The number of pyridine rings is 1. The van der Waals surface area contributed by atoms with Gasteiger partial charge >= 0.3 is 0 Å². The lowest BCUT2D eigenvalue weighted by Gasteiger charge is -2.13. The lowest BCUT2D eigenvalue weighted by Crippen LogP contribution is -2.17. The molecule has 0 radical (unpaired) electrons. The third kappa shape index (κ3) is 2.10. The molecule has 4 heterocycles.